The number of hydrogen-bond donors (Lipinski definition) is 1. The van der Waals surface area contributed by atoms with Gasteiger partial charge in [0.05, 0.1) is 17.7 Å². The smallest absolute Gasteiger partial charge is 0.220 e. The van der Waals surface area contributed by atoms with E-state index in [1.54, 1.807) is 36.4 Å². The molecule has 0 spiro atoms. The highest BCUT2D eigenvalue weighted by Crippen LogP contribution is 2.13. The van der Waals surface area contributed by atoms with Crippen LogP contribution in [-0.4, -0.2) is 11.7 Å². The van der Waals surface area contributed by atoms with Gasteiger partial charge in [-0.2, -0.15) is 5.26 Å². The van der Waals surface area contributed by atoms with Crippen LogP contribution in [0.4, 0.5) is 0 Å². The highest BCUT2D eigenvalue weighted by atomic mass is 16.2. The molecular weight excluding hydrogens is 288 g/mol. The molecule has 4 heteroatoms. The number of rotatable bonds is 6. The molecule has 0 bridgehead atoms. The minimum atomic E-state index is -0.165. The van der Waals surface area contributed by atoms with Gasteiger partial charge in [0, 0.05) is 18.4 Å². The zero-order chi connectivity index (χ0) is 16.7. The van der Waals surface area contributed by atoms with Gasteiger partial charge >= 0.3 is 0 Å². The summed E-state index contributed by atoms with van der Waals surface area (Å²) in [6.45, 7) is 1.87. The molecule has 0 saturated carbocycles. The van der Waals surface area contributed by atoms with Gasteiger partial charge in [0.1, 0.15) is 0 Å². The van der Waals surface area contributed by atoms with E-state index < -0.39 is 0 Å². The third kappa shape index (κ3) is 4.79. The lowest BCUT2D eigenvalue weighted by molar-refractivity contribution is -0.121. The van der Waals surface area contributed by atoms with E-state index in [9.17, 15) is 9.59 Å². The normalized spacial score (nSPS) is 11.3. The first kappa shape index (κ1) is 16.4. The second-order valence-electron chi connectivity index (χ2n) is 5.31. The van der Waals surface area contributed by atoms with Crippen LogP contribution >= 0.6 is 0 Å². The average Bonchev–Trinajstić information content (AvgIpc) is 2.60. The fraction of sp³-hybridized carbons (Fsp3) is 0.211. The summed E-state index contributed by atoms with van der Waals surface area (Å²) in [7, 11) is 0. The van der Waals surface area contributed by atoms with Crippen molar-refractivity contribution in [2.24, 2.45) is 0 Å². The number of ketones is 1. The maximum absolute atomic E-state index is 12.0. The number of Topliss-reactive ketones (excluding diaryl/α,β-unsaturated/α-hetero) is 1. The van der Waals surface area contributed by atoms with E-state index >= 15 is 0 Å². The molecule has 23 heavy (non-hydrogen) atoms. The zero-order valence-electron chi connectivity index (χ0n) is 13.0. The first-order valence-corrected chi connectivity index (χ1v) is 7.48. The SMILES string of the molecule is CC(NC(=O)CCC(=O)c1ccccc1)c1ccc(C#N)cc1. The van der Waals surface area contributed by atoms with Gasteiger partial charge < -0.3 is 5.32 Å². The van der Waals surface area contributed by atoms with Crippen molar-refractivity contribution in [1.82, 2.24) is 5.32 Å². The maximum atomic E-state index is 12.0. The van der Waals surface area contributed by atoms with Gasteiger partial charge in [-0.05, 0) is 24.6 Å². The molecule has 4 nitrogen and oxygen atoms in total. The predicted octanol–water partition coefficient (Wildman–Crippen LogP) is 3.40. The number of hydrogen-bond acceptors (Lipinski definition) is 3. The summed E-state index contributed by atoms with van der Waals surface area (Å²) in [4.78, 5) is 23.9. The molecule has 1 amide bonds. The van der Waals surface area contributed by atoms with Gasteiger partial charge in [-0.3, -0.25) is 9.59 Å². The van der Waals surface area contributed by atoms with Crippen LogP contribution in [0.3, 0.4) is 0 Å². The second-order valence-corrected chi connectivity index (χ2v) is 5.31. The summed E-state index contributed by atoms with van der Waals surface area (Å²) in [6, 6.07) is 17.9. The molecule has 0 fully saturated rings. The van der Waals surface area contributed by atoms with Crippen molar-refractivity contribution >= 4 is 11.7 Å². The Morgan fingerprint density at radius 2 is 1.70 bits per heavy atom. The average molecular weight is 306 g/mol. The third-order valence-electron chi connectivity index (χ3n) is 3.59. The van der Waals surface area contributed by atoms with Crippen molar-refractivity contribution < 1.29 is 9.59 Å². The van der Waals surface area contributed by atoms with Crippen molar-refractivity contribution in [3.8, 4) is 6.07 Å². The quantitative estimate of drug-likeness (QED) is 0.832. The Morgan fingerprint density at radius 1 is 1.04 bits per heavy atom. The van der Waals surface area contributed by atoms with Crippen molar-refractivity contribution in [2.45, 2.75) is 25.8 Å². The van der Waals surface area contributed by atoms with Crippen molar-refractivity contribution in [1.29, 1.82) is 5.26 Å². The molecule has 0 aliphatic heterocycles. The van der Waals surface area contributed by atoms with Crippen molar-refractivity contribution in [2.75, 3.05) is 0 Å². The van der Waals surface area contributed by atoms with Crippen LogP contribution in [0, 0.1) is 11.3 Å². The molecule has 0 heterocycles. The minimum Gasteiger partial charge on any atom is -0.350 e. The van der Waals surface area contributed by atoms with E-state index in [1.807, 2.05) is 25.1 Å². The second kappa shape index (κ2) is 7.90. The first-order chi connectivity index (χ1) is 11.1. The van der Waals surface area contributed by atoms with Gasteiger partial charge in [0.2, 0.25) is 5.91 Å². The predicted molar refractivity (Wildman–Crippen MR) is 87.7 cm³/mol. The summed E-state index contributed by atoms with van der Waals surface area (Å²) in [6.07, 6.45) is 0.351. The van der Waals surface area contributed by atoms with Crippen LogP contribution in [0.15, 0.2) is 54.6 Å². The Hall–Kier alpha value is -2.93. The van der Waals surface area contributed by atoms with Crippen LogP contribution in [0.1, 0.15) is 47.3 Å². The van der Waals surface area contributed by atoms with E-state index in [0.717, 1.165) is 5.56 Å². The lowest BCUT2D eigenvalue weighted by atomic mass is 10.0. The van der Waals surface area contributed by atoms with Crippen LogP contribution in [0.25, 0.3) is 0 Å². The molecule has 0 aliphatic carbocycles. The lowest BCUT2D eigenvalue weighted by Gasteiger charge is -2.14. The van der Waals surface area contributed by atoms with Gasteiger partial charge in [-0.1, -0.05) is 42.5 Å². The number of carbonyl (C=O) groups excluding carboxylic acids is 2. The summed E-state index contributed by atoms with van der Waals surface area (Å²) < 4.78 is 0. The Balaban J connectivity index is 1.84. The summed E-state index contributed by atoms with van der Waals surface area (Å²) >= 11 is 0. The van der Waals surface area contributed by atoms with Crippen LogP contribution in [0.5, 0.6) is 0 Å². The van der Waals surface area contributed by atoms with E-state index in [0.29, 0.717) is 11.1 Å². The van der Waals surface area contributed by atoms with Gasteiger partial charge in [-0.15, -0.1) is 0 Å². The Bertz CT molecular complexity index is 715. The monoisotopic (exact) mass is 306 g/mol. The van der Waals surface area contributed by atoms with Gasteiger partial charge in [0.25, 0.3) is 0 Å². The topological polar surface area (TPSA) is 70.0 Å². The van der Waals surface area contributed by atoms with Gasteiger partial charge in [0.15, 0.2) is 5.78 Å². The standard InChI is InChI=1S/C19H18N2O2/c1-14(16-9-7-15(13-20)8-10-16)21-19(23)12-11-18(22)17-5-3-2-4-6-17/h2-10,14H,11-12H2,1H3,(H,21,23). The molecule has 1 N–H and O–H groups in total. The van der Waals surface area contributed by atoms with E-state index in [-0.39, 0.29) is 30.6 Å². The first-order valence-electron chi connectivity index (χ1n) is 7.48. The minimum absolute atomic E-state index is 0.0354. The molecule has 0 aliphatic rings. The fourth-order valence-corrected chi connectivity index (χ4v) is 2.24. The van der Waals surface area contributed by atoms with E-state index in [1.165, 1.54) is 0 Å². The molecule has 1 unspecified atom stereocenters. The summed E-state index contributed by atoms with van der Waals surface area (Å²) in [5.74, 6) is -0.196. The lowest BCUT2D eigenvalue weighted by Crippen LogP contribution is -2.26. The fourth-order valence-electron chi connectivity index (χ4n) is 2.24. The Kier molecular flexibility index (Phi) is 5.65. The Morgan fingerprint density at radius 3 is 2.30 bits per heavy atom. The van der Waals surface area contributed by atoms with Crippen LogP contribution < -0.4 is 5.32 Å². The van der Waals surface area contributed by atoms with Crippen LogP contribution in [0.2, 0.25) is 0 Å². The molecule has 2 aromatic rings. The highest BCUT2D eigenvalue weighted by molar-refractivity contribution is 5.97. The number of nitriles is 1. The highest BCUT2D eigenvalue weighted by Gasteiger charge is 2.12. The molecule has 0 saturated heterocycles. The number of carbonyl (C=O) groups is 2. The Labute approximate surface area is 135 Å². The third-order valence-corrected chi connectivity index (χ3v) is 3.59. The molecule has 2 rings (SSSR count). The summed E-state index contributed by atoms with van der Waals surface area (Å²) in [5, 5.41) is 11.6. The van der Waals surface area contributed by atoms with E-state index in [2.05, 4.69) is 11.4 Å². The number of nitrogens with zero attached hydrogens (tertiary/aromatic N) is 1. The van der Waals surface area contributed by atoms with E-state index in [4.69, 9.17) is 5.26 Å². The zero-order valence-corrected chi connectivity index (χ0v) is 13.0. The van der Waals surface area contributed by atoms with Crippen molar-refractivity contribution in [3.05, 3.63) is 71.3 Å². The van der Waals surface area contributed by atoms with Crippen molar-refractivity contribution in [3.63, 3.8) is 0 Å². The van der Waals surface area contributed by atoms with Gasteiger partial charge in [-0.25, -0.2) is 0 Å². The molecule has 2 aromatic carbocycles. The molecule has 1 atom stereocenters. The molecule has 116 valence electrons. The number of amides is 1. The van der Waals surface area contributed by atoms with Crippen LogP contribution in [-0.2, 0) is 4.79 Å². The maximum Gasteiger partial charge on any atom is 0.220 e. The molecule has 0 radical (unpaired) electrons. The summed E-state index contributed by atoms with van der Waals surface area (Å²) in [5.41, 5.74) is 2.13. The number of nitrogens with one attached hydrogen (secondary N) is 1. The molecular formula is C19H18N2O2. The number of benzene rings is 2. The molecule has 0 aromatic heterocycles. The largest absolute Gasteiger partial charge is 0.350 e.